The molecule has 24 heavy (non-hydrogen) atoms. The van der Waals surface area contributed by atoms with E-state index in [2.05, 4.69) is 97.7 Å². The number of aryl methyl sites for hydroxylation is 1. The molecule has 2 aromatic carbocycles. The van der Waals surface area contributed by atoms with E-state index >= 15 is 0 Å². The van der Waals surface area contributed by atoms with E-state index in [0.29, 0.717) is 0 Å². The summed E-state index contributed by atoms with van der Waals surface area (Å²) in [6, 6.07) is 24.0. The topological polar surface area (TPSA) is 28.7 Å². The molecular formula is C21H25N2P. The lowest BCUT2D eigenvalue weighted by molar-refractivity contribution is 0.567. The lowest BCUT2D eigenvalue weighted by atomic mass is 9.92. The molecule has 0 aliphatic heterocycles. The number of hydrogen-bond donors (Lipinski definition) is 1. The maximum Gasteiger partial charge on any atom is 0.0678 e. The third kappa shape index (κ3) is 4.13. The number of H-pyrrole nitrogens is 1. The molecule has 0 spiro atoms. The van der Waals surface area contributed by atoms with E-state index in [9.17, 15) is 0 Å². The monoisotopic (exact) mass is 336 g/mol. The van der Waals surface area contributed by atoms with E-state index in [-0.39, 0.29) is 13.3 Å². The van der Waals surface area contributed by atoms with Crippen molar-refractivity contribution in [1.29, 1.82) is 0 Å². The van der Waals surface area contributed by atoms with Gasteiger partial charge in [-0.15, -0.1) is 0 Å². The summed E-state index contributed by atoms with van der Waals surface area (Å²) in [5.41, 5.74) is 2.47. The molecule has 3 heteroatoms. The zero-order valence-electron chi connectivity index (χ0n) is 14.7. The molecule has 0 amide bonds. The first-order chi connectivity index (χ1) is 11.5. The fourth-order valence-corrected chi connectivity index (χ4v) is 5.07. The molecule has 3 rings (SSSR count). The van der Waals surface area contributed by atoms with E-state index in [1.807, 2.05) is 0 Å². The second-order valence-electron chi connectivity index (χ2n) is 7.10. The number of rotatable bonds is 5. The van der Waals surface area contributed by atoms with Crippen molar-refractivity contribution in [3.05, 3.63) is 78.1 Å². The van der Waals surface area contributed by atoms with E-state index in [0.717, 1.165) is 18.3 Å². The summed E-state index contributed by atoms with van der Waals surface area (Å²) in [6.45, 7) is 6.61. The van der Waals surface area contributed by atoms with Crippen LogP contribution in [0.25, 0.3) is 0 Å². The highest BCUT2D eigenvalue weighted by Gasteiger charge is 2.18. The Hall–Kier alpha value is -1.92. The fourth-order valence-electron chi connectivity index (χ4n) is 2.73. The Balaban J connectivity index is 1.79. The molecule has 3 aromatic rings. The Morgan fingerprint density at radius 1 is 0.875 bits per heavy atom. The van der Waals surface area contributed by atoms with Crippen LogP contribution in [0, 0.1) is 0 Å². The summed E-state index contributed by atoms with van der Waals surface area (Å²) in [5.74, 6) is 0. The Morgan fingerprint density at radius 2 is 1.42 bits per heavy atom. The number of nitrogens with zero attached hydrogens (tertiary/aromatic N) is 1. The van der Waals surface area contributed by atoms with Crippen molar-refractivity contribution in [2.45, 2.75) is 32.6 Å². The minimum atomic E-state index is -0.341. The quantitative estimate of drug-likeness (QED) is 0.688. The Kier molecular flexibility index (Phi) is 5.16. The zero-order valence-corrected chi connectivity index (χ0v) is 15.6. The molecule has 1 heterocycles. The number of benzene rings is 2. The van der Waals surface area contributed by atoms with E-state index in [1.165, 1.54) is 16.3 Å². The van der Waals surface area contributed by atoms with Gasteiger partial charge in [0.15, 0.2) is 0 Å². The molecule has 0 saturated carbocycles. The maximum atomic E-state index is 4.49. The normalized spacial score (nSPS) is 11.8. The van der Waals surface area contributed by atoms with Crippen molar-refractivity contribution >= 4 is 18.5 Å². The number of aromatic nitrogens is 2. The Bertz CT molecular complexity index is 718. The maximum absolute atomic E-state index is 4.49. The predicted molar refractivity (Wildman–Crippen MR) is 105 cm³/mol. The van der Waals surface area contributed by atoms with Gasteiger partial charge in [-0.05, 0) is 37.2 Å². The third-order valence-electron chi connectivity index (χ3n) is 4.14. The Morgan fingerprint density at radius 3 is 1.88 bits per heavy atom. The largest absolute Gasteiger partial charge is 0.282 e. The summed E-state index contributed by atoms with van der Waals surface area (Å²) in [6.07, 6.45) is 2.16. The van der Waals surface area contributed by atoms with Crippen LogP contribution in [0.1, 0.15) is 32.2 Å². The molecule has 1 aromatic heterocycles. The van der Waals surface area contributed by atoms with Gasteiger partial charge in [-0.25, -0.2) is 0 Å². The van der Waals surface area contributed by atoms with Gasteiger partial charge in [-0.2, -0.15) is 5.10 Å². The van der Waals surface area contributed by atoms with E-state index < -0.39 is 0 Å². The molecule has 1 N–H and O–H groups in total. The van der Waals surface area contributed by atoms with Gasteiger partial charge in [0.05, 0.1) is 5.69 Å². The second kappa shape index (κ2) is 7.32. The van der Waals surface area contributed by atoms with Gasteiger partial charge >= 0.3 is 0 Å². The molecular weight excluding hydrogens is 311 g/mol. The first-order valence-corrected chi connectivity index (χ1v) is 9.99. The van der Waals surface area contributed by atoms with Crippen molar-refractivity contribution in [3.63, 3.8) is 0 Å². The SMILES string of the molecule is CC(C)(C)c1cc(CCP(c2ccccc2)c2ccccc2)[nH]n1. The molecule has 0 aliphatic carbocycles. The van der Waals surface area contributed by atoms with E-state index in [4.69, 9.17) is 0 Å². The highest BCUT2D eigenvalue weighted by Crippen LogP contribution is 2.34. The van der Waals surface area contributed by atoms with Crippen LogP contribution in [0.2, 0.25) is 0 Å². The summed E-state index contributed by atoms with van der Waals surface area (Å²) in [7, 11) is -0.341. The minimum absolute atomic E-state index is 0.0956. The zero-order chi connectivity index (χ0) is 17.0. The minimum Gasteiger partial charge on any atom is -0.282 e. The molecule has 0 aliphatic rings. The van der Waals surface area contributed by atoms with Crippen molar-refractivity contribution in [1.82, 2.24) is 10.2 Å². The van der Waals surface area contributed by atoms with Gasteiger partial charge in [0.25, 0.3) is 0 Å². The van der Waals surface area contributed by atoms with Crippen molar-refractivity contribution < 1.29 is 0 Å². The third-order valence-corrected chi connectivity index (χ3v) is 6.65. The van der Waals surface area contributed by atoms with Gasteiger partial charge in [0.2, 0.25) is 0 Å². The number of aromatic amines is 1. The molecule has 0 saturated heterocycles. The number of nitrogens with one attached hydrogen (secondary N) is 1. The van der Waals surface area contributed by atoms with E-state index in [1.54, 1.807) is 0 Å². The van der Waals surface area contributed by atoms with Gasteiger partial charge in [-0.3, -0.25) is 5.10 Å². The van der Waals surface area contributed by atoms with Crippen molar-refractivity contribution in [3.8, 4) is 0 Å². The fraction of sp³-hybridized carbons (Fsp3) is 0.286. The van der Waals surface area contributed by atoms with Crippen LogP contribution >= 0.6 is 7.92 Å². The summed E-state index contributed by atoms with van der Waals surface area (Å²) < 4.78 is 0. The standard InChI is InChI=1S/C21H25N2P/c1-21(2,3)20-16-17(22-23-20)14-15-24(18-10-6-4-7-11-18)19-12-8-5-9-13-19/h4-13,16H,14-15H2,1-3H3,(H,22,23). The van der Waals surface area contributed by atoms with Crippen LogP contribution < -0.4 is 10.6 Å². The summed E-state index contributed by atoms with van der Waals surface area (Å²) in [4.78, 5) is 0. The molecule has 2 nitrogen and oxygen atoms in total. The highest BCUT2D eigenvalue weighted by atomic mass is 31.1. The lowest BCUT2D eigenvalue weighted by Crippen LogP contribution is -2.15. The molecule has 0 radical (unpaired) electrons. The van der Waals surface area contributed by atoms with Gasteiger partial charge in [0, 0.05) is 11.1 Å². The summed E-state index contributed by atoms with van der Waals surface area (Å²) in [5, 5.41) is 10.6. The van der Waals surface area contributed by atoms with Gasteiger partial charge < -0.3 is 0 Å². The molecule has 0 atom stereocenters. The summed E-state index contributed by atoms with van der Waals surface area (Å²) >= 11 is 0. The predicted octanol–water partition coefficient (Wildman–Crippen LogP) is 4.38. The van der Waals surface area contributed by atoms with Crippen LogP contribution in [-0.4, -0.2) is 16.4 Å². The molecule has 0 unspecified atom stereocenters. The molecule has 0 fully saturated rings. The first kappa shape index (κ1) is 16.9. The van der Waals surface area contributed by atoms with Crippen molar-refractivity contribution in [2.24, 2.45) is 0 Å². The van der Waals surface area contributed by atoms with Crippen LogP contribution in [0.5, 0.6) is 0 Å². The van der Waals surface area contributed by atoms with Crippen LogP contribution in [0.4, 0.5) is 0 Å². The Labute approximate surface area is 146 Å². The average Bonchev–Trinajstić information content (AvgIpc) is 3.06. The average molecular weight is 336 g/mol. The first-order valence-electron chi connectivity index (χ1n) is 8.46. The van der Waals surface area contributed by atoms with Crippen LogP contribution in [0.15, 0.2) is 66.7 Å². The van der Waals surface area contributed by atoms with Crippen molar-refractivity contribution in [2.75, 3.05) is 6.16 Å². The molecule has 124 valence electrons. The lowest BCUT2D eigenvalue weighted by Gasteiger charge is -2.18. The van der Waals surface area contributed by atoms with Crippen LogP contribution in [0.3, 0.4) is 0 Å². The smallest absolute Gasteiger partial charge is 0.0678 e. The highest BCUT2D eigenvalue weighted by molar-refractivity contribution is 7.73. The van der Waals surface area contributed by atoms with Crippen LogP contribution in [-0.2, 0) is 11.8 Å². The van der Waals surface area contributed by atoms with Gasteiger partial charge in [0.1, 0.15) is 0 Å². The number of hydrogen-bond acceptors (Lipinski definition) is 1. The second-order valence-corrected chi connectivity index (χ2v) is 9.44. The molecule has 0 bridgehead atoms. The van der Waals surface area contributed by atoms with Gasteiger partial charge in [-0.1, -0.05) is 81.4 Å².